The second kappa shape index (κ2) is 13.6. The van der Waals surface area contributed by atoms with Crippen molar-refractivity contribution in [3.05, 3.63) is 0 Å². The SMILES string of the molecule is [2H]C([2H])(C#C)CCCCCCCCCCCC. The van der Waals surface area contributed by atoms with E-state index in [9.17, 15) is 0 Å². The van der Waals surface area contributed by atoms with Gasteiger partial charge in [-0.05, 0) is 6.42 Å². The number of unbranched alkanes of at least 4 members (excludes halogenated alkanes) is 9. The van der Waals surface area contributed by atoms with Gasteiger partial charge in [0.15, 0.2) is 0 Å². The Morgan fingerprint density at radius 1 is 0.800 bits per heavy atom. The van der Waals surface area contributed by atoms with Crippen LogP contribution in [0.15, 0.2) is 0 Å². The quantitative estimate of drug-likeness (QED) is 0.320. The minimum atomic E-state index is -1.39. The molecular weight excluding hydrogens is 180 g/mol. The molecule has 0 bridgehead atoms. The lowest BCUT2D eigenvalue weighted by atomic mass is 10.1. The molecule has 15 heavy (non-hydrogen) atoms. The van der Waals surface area contributed by atoms with Gasteiger partial charge in [0.2, 0.25) is 0 Å². The average Bonchev–Trinajstić information content (AvgIpc) is 2.31. The van der Waals surface area contributed by atoms with Gasteiger partial charge in [-0.3, -0.25) is 0 Å². The molecule has 0 rings (SSSR count). The van der Waals surface area contributed by atoms with E-state index < -0.39 is 6.37 Å². The van der Waals surface area contributed by atoms with Crippen LogP contribution < -0.4 is 0 Å². The highest BCUT2D eigenvalue weighted by molar-refractivity contribution is 4.82. The highest BCUT2D eigenvalue weighted by Gasteiger charge is 1.92. The lowest BCUT2D eigenvalue weighted by Gasteiger charge is -2.01. The van der Waals surface area contributed by atoms with Crippen LogP contribution in [-0.4, -0.2) is 0 Å². The standard InChI is InChI=1S/C15H28/c1-3-5-7-9-11-13-15-14-12-10-8-6-4-2/h1H,4-15H2,2H3/i5D2. The molecule has 0 unspecified atom stereocenters. The molecule has 0 aromatic heterocycles. The molecule has 0 aromatic carbocycles. The Bertz CT molecular complexity index is 203. The Kier molecular flexibility index (Phi) is 10.00. The van der Waals surface area contributed by atoms with Crippen LogP contribution >= 0.6 is 0 Å². The highest BCUT2D eigenvalue weighted by Crippen LogP contribution is 2.11. The molecule has 0 nitrogen and oxygen atoms in total. The van der Waals surface area contributed by atoms with E-state index in [2.05, 4.69) is 12.8 Å². The predicted molar refractivity (Wildman–Crippen MR) is 69.9 cm³/mol. The first-order valence-electron chi connectivity index (χ1n) is 7.60. The molecule has 0 spiro atoms. The van der Waals surface area contributed by atoms with Gasteiger partial charge in [-0.15, -0.1) is 12.3 Å². The van der Waals surface area contributed by atoms with Gasteiger partial charge in [0.1, 0.15) is 0 Å². The summed E-state index contributed by atoms with van der Waals surface area (Å²) in [6.07, 6.45) is 17.0. The average molecular weight is 210 g/mol. The molecule has 0 heteroatoms. The first-order valence-corrected chi connectivity index (χ1v) is 6.60. The van der Waals surface area contributed by atoms with Crippen LogP contribution in [0.5, 0.6) is 0 Å². The molecule has 0 saturated carbocycles. The monoisotopic (exact) mass is 210 g/mol. The van der Waals surface area contributed by atoms with Gasteiger partial charge in [-0.2, -0.15) is 0 Å². The van der Waals surface area contributed by atoms with Crippen LogP contribution in [0.4, 0.5) is 0 Å². The molecule has 0 amide bonds. The summed E-state index contributed by atoms with van der Waals surface area (Å²) in [5.41, 5.74) is 0. The van der Waals surface area contributed by atoms with Crippen LogP contribution in [0, 0.1) is 12.3 Å². The lowest BCUT2D eigenvalue weighted by Crippen LogP contribution is -1.81. The van der Waals surface area contributed by atoms with E-state index in [1.807, 2.05) is 0 Å². The van der Waals surface area contributed by atoms with Crippen molar-refractivity contribution in [2.75, 3.05) is 0 Å². The van der Waals surface area contributed by atoms with E-state index in [1.54, 1.807) is 0 Å². The maximum Gasteiger partial charge on any atom is 0.0402 e. The van der Waals surface area contributed by atoms with Gasteiger partial charge in [-0.1, -0.05) is 71.1 Å². The summed E-state index contributed by atoms with van der Waals surface area (Å²) in [6, 6.07) is 0. The van der Waals surface area contributed by atoms with E-state index in [0.29, 0.717) is 6.42 Å². The number of terminal acetylenes is 1. The Morgan fingerprint density at radius 2 is 1.20 bits per heavy atom. The van der Waals surface area contributed by atoms with Crippen molar-refractivity contribution in [2.24, 2.45) is 0 Å². The maximum atomic E-state index is 7.42. The fourth-order valence-corrected chi connectivity index (χ4v) is 1.77. The Labute approximate surface area is 99.7 Å². The predicted octanol–water partition coefficient (Wildman–Crippen LogP) is 5.32. The largest absolute Gasteiger partial charge is 0.120 e. The lowest BCUT2D eigenvalue weighted by molar-refractivity contribution is 0.551. The summed E-state index contributed by atoms with van der Waals surface area (Å²) >= 11 is 0. The van der Waals surface area contributed by atoms with Gasteiger partial charge in [-0.25, -0.2) is 0 Å². The molecule has 0 saturated heterocycles. The second-order valence-corrected chi connectivity index (χ2v) is 4.25. The van der Waals surface area contributed by atoms with E-state index >= 15 is 0 Å². The fraction of sp³-hybridized carbons (Fsp3) is 0.867. The van der Waals surface area contributed by atoms with Gasteiger partial charge in [0.05, 0.1) is 0 Å². The van der Waals surface area contributed by atoms with Crippen LogP contribution in [0.3, 0.4) is 0 Å². The molecule has 0 atom stereocenters. The number of rotatable bonds is 11. The normalized spacial score (nSPS) is 13.1. The summed E-state index contributed by atoms with van der Waals surface area (Å²) < 4.78 is 14.8. The summed E-state index contributed by atoms with van der Waals surface area (Å²) in [7, 11) is 0. The fourth-order valence-electron chi connectivity index (χ4n) is 1.77. The van der Waals surface area contributed by atoms with Crippen molar-refractivity contribution < 1.29 is 2.74 Å². The molecule has 0 N–H and O–H groups in total. The third-order valence-electron chi connectivity index (χ3n) is 2.76. The molecule has 0 aliphatic carbocycles. The molecular formula is C15H28. The Balaban J connectivity index is 3.12. The van der Waals surface area contributed by atoms with Crippen LogP contribution in [0.1, 0.15) is 86.7 Å². The number of hydrogen-bond donors (Lipinski definition) is 0. The summed E-state index contributed by atoms with van der Waals surface area (Å²) in [5, 5.41) is 0. The molecule has 0 radical (unpaired) electrons. The first-order chi connectivity index (χ1) is 8.12. The summed E-state index contributed by atoms with van der Waals surface area (Å²) in [6.45, 7) is 2.24. The molecule has 88 valence electrons. The van der Waals surface area contributed by atoms with E-state index in [0.717, 1.165) is 12.8 Å². The van der Waals surface area contributed by atoms with E-state index in [1.165, 1.54) is 51.4 Å². The van der Waals surface area contributed by atoms with Crippen molar-refractivity contribution in [1.29, 1.82) is 0 Å². The molecule has 0 aromatic rings. The zero-order valence-electron chi connectivity index (χ0n) is 12.4. The van der Waals surface area contributed by atoms with Crippen LogP contribution in [0.25, 0.3) is 0 Å². The summed E-state index contributed by atoms with van der Waals surface area (Å²) in [4.78, 5) is 0. The number of hydrogen-bond acceptors (Lipinski definition) is 0. The van der Waals surface area contributed by atoms with Crippen LogP contribution in [0.2, 0.25) is 0 Å². The smallest absolute Gasteiger partial charge is 0.0402 e. The maximum absolute atomic E-state index is 7.42. The zero-order chi connectivity index (χ0) is 13.0. The van der Waals surface area contributed by atoms with Gasteiger partial charge in [0, 0.05) is 9.11 Å². The van der Waals surface area contributed by atoms with Crippen molar-refractivity contribution >= 4 is 0 Å². The molecule has 0 aliphatic heterocycles. The van der Waals surface area contributed by atoms with Crippen molar-refractivity contribution in [1.82, 2.24) is 0 Å². The van der Waals surface area contributed by atoms with E-state index in [4.69, 9.17) is 9.16 Å². The van der Waals surface area contributed by atoms with Crippen molar-refractivity contribution in [3.63, 3.8) is 0 Å². The third-order valence-corrected chi connectivity index (χ3v) is 2.76. The molecule has 0 fully saturated rings. The topological polar surface area (TPSA) is 0 Å². The van der Waals surface area contributed by atoms with Crippen molar-refractivity contribution in [2.45, 2.75) is 83.9 Å². The summed E-state index contributed by atoms with van der Waals surface area (Å²) in [5.74, 6) is 2.21. The minimum Gasteiger partial charge on any atom is -0.120 e. The van der Waals surface area contributed by atoms with Crippen molar-refractivity contribution in [3.8, 4) is 12.3 Å². The highest BCUT2D eigenvalue weighted by atomic mass is 14.0. The zero-order valence-corrected chi connectivity index (χ0v) is 10.4. The second-order valence-electron chi connectivity index (χ2n) is 4.25. The third kappa shape index (κ3) is 13.6. The van der Waals surface area contributed by atoms with E-state index in [-0.39, 0.29) is 0 Å². The van der Waals surface area contributed by atoms with Gasteiger partial charge >= 0.3 is 0 Å². The molecule has 0 aliphatic rings. The van der Waals surface area contributed by atoms with Crippen LogP contribution in [-0.2, 0) is 0 Å². The Morgan fingerprint density at radius 3 is 1.60 bits per heavy atom. The van der Waals surface area contributed by atoms with Gasteiger partial charge < -0.3 is 0 Å². The Hall–Kier alpha value is -0.440. The van der Waals surface area contributed by atoms with Gasteiger partial charge in [0.25, 0.3) is 0 Å². The minimum absolute atomic E-state index is 0.514. The molecule has 0 heterocycles. The first kappa shape index (κ1) is 11.1.